The molecular formula is C12H30O8P2. The van der Waals surface area contributed by atoms with Gasteiger partial charge in [-0.2, -0.15) is 0 Å². The maximum absolute atomic E-state index is 11.1. The number of phosphoric acid groups is 1. The van der Waals surface area contributed by atoms with E-state index in [-0.39, 0.29) is 11.9 Å². The first-order valence-corrected chi connectivity index (χ1v) is 10.7. The molecule has 1 unspecified atom stereocenters. The van der Waals surface area contributed by atoms with Crippen molar-refractivity contribution in [3.05, 3.63) is 0 Å². The molecule has 22 heavy (non-hydrogen) atoms. The van der Waals surface area contributed by atoms with Gasteiger partial charge in [-0.3, -0.25) is 9.09 Å². The van der Waals surface area contributed by atoms with E-state index in [1.807, 2.05) is 0 Å². The molecule has 1 atom stereocenters. The van der Waals surface area contributed by atoms with E-state index in [1.165, 1.54) is 25.7 Å². The smallest absolute Gasteiger partial charge is 0.412 e. The molecule has 0 fully saturated rings. The highest BCUT2D eigenvalue weighted by molar-refractivity contribution is 7.53. The SMILES string of the molecule is CCCCCCCCCCCC(OP(=O)(O)O)P(=O)(O)O.O. The fourth-order valence-electron chi connectivity index (χ4n) is 2.07. The standard InChI is InChI=1S/C12H28O7P2.H2O/c1-2-3-4-5-6-7-8-9-10-11-12(20(13,14)15)19-21(16,17)18;/h12H,2-11H2,1H3,(H2,13,14,15)(H2,16,17,18);1H2. The van der Waals surface area contributed by atoms with Crippen LogP contribution in [-0.4, -0.2) is 30.9 Å². The maximum Gasteiger partial charge on any atom is 0.470 e. The summed E-state index contributed by atoms with van der Waals surface area (Å²) in [6, 6.07) is 0. The average Bonchev–Trinajstić information content (AvgIpc) is 2.32. The van der Waals surface area contributed by atoms with Gasteiger partial charge in [0, 0.05) is 0 Å². The zero-order valence-corrected chi connectivity index (χ0v) is 14.8. The van der Waals surface area contributed by atoms with Gasteiger partial charge in [-0.25, -0.2) is 4.57 Å². The molecule has 10 heteroatoms. The van der Waals surface area contributed by atoms with Crippen molar-refractivity contribution in [2.75, 3.05) is 0 Å². The van der Waals surface area contributed by atoms with E-state index in [9.17, 15) is 9.13 Å². The lowest BCUT2D eigenvalue weighted by Crippen LogP contribution is -2.12. The van der Waals surface area contributed by atoms with E-state index >= 15 is 0 Å². The number of rotatable bonds is 13. The van der Waals surface area contributed by atoms with Crippen molar-refractivity contribution >= 4 is 15.4 Å². The van der Waals surface area contributed by atoms with Crippen molar-refractivity contribution in [2.24, 2.45) is 0 Å². The normalized spacial score (nSPS) is 13.7. The van der Waals surface area contributed by atoms with Gasteiger partial charge in [-0.1, -0.05) is 64.7 Å². The zero-order chi connectivity index (χ0) is 16.4. The second kappa shape index (κ2) is 12.6. The third kappa shape index (κ3) is 15.1. The molecule has 0 saturated carbocycles. The predicted octanol–water partition coefficient (Wildman–Crippen LogP) is 2.70. The molecule has 0 rings (SSSR count). The molecule has 0 aromatic rings. The van der Waals surface area contributed by atoms with Crippen LogP contribution in [0.5, 0.6) is 0 Å². The van der Waals surface area contributed by atoms with Gasteiger partial charge in [0.1, 0.15) is 0 Å². The highest BCUT2D eigenvalue weighted by Crippen LogP contribution is 2.52. The summed E-state index contributed by atoms with van der Waals surface area (Å²) >= 11 is 0. The first kappa shape index (κ1) is 24.5. The molecule has 8 nitrogen and oxygen atoms in total. The number of phosphoric ester groups is 1. The Morgan fingerprint density at radius 2 is 1.23 bits per heavy atom. The van der Waals surface area contributed by atoms with Crippen LogP contribution in [0.15, 0.2) is 0 Å². The molecule has 0 radical (unpaired) electrons. The van der Waals surface area contributed by atoms with Crippen LogP contribution in [-0.2, 0) is 13.7 Å². The summed E-state index contributed by atoms with van der Waals surface area (Å²) in [5.74, 6) is -1.72. The van der Waals surface area contributed by atoms with Gasteiger partial charge in [0.15, 0.2) is 5.85 Å². The lowest BCUT2D eigenvalue weighted by Gasteiger charge is -2.19. The summed E-state index contributed by atoms with van der Waals surface area (Å²) in [6.07, 6.45) is 9.30. The predicted molar refractivity (Wildman–Crippen MR) is 84.4 cm³/mol. The molecule has 0 saturated heterocycles. The van der Waals surface area contributed by atoms with Gasteiger partial charge in [-0.15, -0.1) is 0 Å². The maximum atomic E-state index is 11.1. The molecule has 136 valence electrons. The van der Waals surface area contributed by atoms with E-state index in [0.717, 1.165) is 25.7 Å². The molecule has 0 heterocycles. The van der Waals surface area contributed by atoms with E-state index in [1.54, 1.807) is 0 Å². The van der Waals surface area contributed by atoms with E-state index < -0.39 is 21.3 Å². The van der Waals surface area contributed by atoms with Crippen LogP contribution < -0.4 is 0 Å². The Hall–Kier alpha value is 0.220. The Balaban J connectivity index is 0. The van der Waals surface area contributed by atoms with Crippen molar-refractivity contribution in [2.45, 2.75) is 77.0 Å². The molecule has 0 aliphatic carbocycles. The van der Waals surface area contributed by atoms with Crippen LogP contribution in [0.3, 0.4) is 0 Å². The molecule has 0 aliphatic rings. The fraction of sp³-hybridized carbons (Fsp3) is 1.00. The van der Waals surface area contributed by atoms with Crippen LogP contribution in [0, 0.1) is 0 Å². The van der Waals surface area contributed by atoms with Crippen LogP contribution in [0.4, 0.5) is 0 Å². The molecular weight excluding hydrogens is 334 g/mol. The highest BCUT2D eigenvalue weighted by atomic mass is 31.2. The summed E-state index contributed by atoms with van der Waals surface area (Å²) in [7, 11) is -9.55. The van der Waals surface area contributed by atoms with Gasteiger partial charge in [-0.05, 0) is 6.42 Å². The number of hydrogen-bond donors (Lipinski definition) is 4. The topological polar surface area (TPSA) is 156 Å². The molecule has 0 aliphatic heterocycles. The summed E-state index contributed by atoms with van der Waals surface area (Å²) in [5, 5.41) is 0. The van der Waals surface area contributed by atoms with Gasteiger partial charge in [0.2, 0.25) is 0 Å². The molecule has 0 spiro atoms. The Morgan fingerprint density at radius 1 is 0.818 bits per heavy atom. The first-order chi connectivity index (χ1) is 9.67. The van der Waals surface area contributed by atoms with Gasteiger partial charge in [0.05, 0.1) is 0 Å². The molecule has 0 bridgehead atoms. The van der Waals surface area contributed by atoms with Gasteiger partial charge >= 0.3 is 15.4 Å². The minimum Gasteiger partial charge on any atom is -0.412 e. The van der Waals surface area contributed by atoms with Crippen molar-refractivity contribution in [1.29, 1.82) is 0 Å². The second-order valence-electron chi connectivity index (χ2n) is 5.26. The highest BCUT2D eigenvalue weighted by Gasteiger charge is 2.35. The van der Waals surface area contributed by atoms with Crippen molar-refractivity contribution < 1.29 is 38.7 Å². The third-order valence-electron chi connectivity index (χ3n) is 3.19. The Labute approximate surface area is 132 Å². The lowest BCUT2D eigenvalue weighted by molar-refractivity contribution is 0.147. The largest absolute Gasteiger partial charge is 0.470 e. The first-order valence-electron chi connectivity index (χ1n) is 7.46. The molecule has 0 aromatic carbocycles. The molecule has 6 N–H and O–H groups in total. The minimum absolute atomic E-state index is 0. The van der Waals surface area contributed by atoms with Crippen LogP contribution >= 0.6 is 15.4 Å². The quantitative estimate of drug-likeness (QED) is 0.289. The summed E-state index contributed by atoms with van der Waals surface area (Å²) < 4.78 is 26.0. The second-order valence-corrected chi connectivity index (χ2v) is 8.20. The lowest BCUT2D eigenvalue weighted by atomic mass is 10.1. The van der Waals surface area contributed by atoms with Gasteiger partial charge < -0.3 is 25.0 Å². The van der Waals surface area contributed by atoms with Crippen LogP contribution in [0.25, 0.3) is 0 Å². The molecule has 0 amide bonds. The Morgan fingerprint density at radius 3 is 1.59 bits per heavy atom. The number of unbranched alkanes of at least 4 members (excludes halogenated alkanes) is 8. The Kier molecular flexibility index (Phi) is 14.0. The van der Waals surface area contributed by atoms with Crippen molar-refractivity contribution in [3.63, 3.8) is 0 Å². The van der Waals surface area contributed by atoms with Crippen LogP contribution in [0.1, 0.15) is 71.1 Å². The van der Waals surface area contributed by atoms with Crippen LogP contribution in [0.2, 0.25) is 0 Å². The van der Waals surface area contributed by atoms with Gasteiger partial charge in [0.25, 0.3) is 0 Å². The zero-order valence-electron chi connectivity index (χ0n) is 13.1. The van der Waals surface area contributed by atoms with E-state index in [4.69, 9.17) is 19.6 Å². The molecule has 0 aromatic heterocycles. The van der Waals surface area contributed by atoms with Crippen molar-refractivity contribution in [1.82, 2.24) is 0 Å². The fourth-order valence-corrected chi connectivity index (χ4v) is 3.87. The van der Waals surface area contributed by atoms with E-state index in [2.05, 4.69) is 11.4 Å². The van der Waals surface area contributed by atoms with E-state index in [0.29, 0.717) is 6.42 Å². The minimum atomic E-state index is -4.89. The average molecular weight is 364 g/mol. The summed E-state index contributed by atoms with van der Waals surface area (Å²) in [4.78, 5) is 35.3. The number of hydrogen-bond acceptors (Lipinski definition) is 3. The Bertz CT molecular complexity index is 351. The van der Waals surface area contributed by atoms with Crippen molar-refractivity contribution in [3.8, 4) is 0 Å². The monoisotopic (exact) mass is 364 g/mol. The summed E-state index contributed by atoms with van der Waals surface area (Å²) in [6.45, 7) is 2.16. The summed E-state index contributed by atoms with van der Waals surface area (Å²) in [5.41, 5.74) is 0. The third-order valence-corrected chi connectivity index (χ3v) is 5.00.